The van der Waals surface area contributed by atoms with Crippen LogP contribution < -0.4 is 0 Å². The van der Waals surface area contributed by atoms with Gasteiger partial charge in [0, 0.05) is 5.92 Å². The number of rotatable bonds is 3. The highest BCUT2D eigenvalue weighted by atomic mass is 32.1. The molecule has 0 N–H and O–H groups in total. The van der Waals surface area contributed by atoms with Crippen molar-refractivity contribution in [3.63, 3.8) is 0 Å². The number of hydrogen-bond acceptors (Lipinski definition) is 3. The molecule has 3 rings (SSSR count). The summed E-state index contributed by atoms with van der Waals surface area (Å²) < 4.78 is 5.35. The highest BCUT2D eigenvalue weighted by molar-refractivity contribution is 7.81. The summed E-state index contributed by atoms with van der Waals surface area (Å²) in [6.07, 6.45) is 4.14. The quantitative estimate of drug-likeness (QED) is 0.615. The number of benzene rings is 1. The maximum Gasteiger partial charge on any atom is 0.148 e. The van der Waals surface area contributed by atoms with Gasteiger partial charge in [0.05, 0.1) is 16.6 Å². The number of nitrogens with zero attached hydrogens (tertiary/aromatic N) is 1. The van der Waals surface area contributed by atoms with Crippen molar-refractivity contribution in [2.45, 2.75) is 32.6 Å². The lowest BCUT2D eigenvalue weighted by Gasteiger charge is -2.06. The second-order valence-corrected chi connectivity index (χ2v) is 5.41. The van der Waals surface area contributed by atoms with Gasteiger partial charge in [0.2, 0.25) is 0 Å². The highest BCUT2D eigenvalue weighted by Gasteiger charge is 2.31. The van der Waals surface area contributed by atoms with E-state index in [9.17, 15) is 0 Å². The molecule has 2 nitrogen and oxygen atoms in total. The molecule has 0 aliphatic heterocycles. The lowest BCUT2D eigenvalue weighted by atomic mass is 10.00. The molecule has 0 saturated heterocycles. The van der Waals surface area contributed by atoms with Crippen LogP contribution in [0.15, 0.2) is 28.9 Å². The lowest BCUT2D eigenvalue weighted by Crippen LogP contribution is -2.02. The Labute approximate surface area is 112 Å². The van der Waals surface area contributed by atoms with Gasteiger partial charge in [-0.2, -0.15) is 0 Å². The third kappa shape index (κ3) is 1.99. The van der Waals surface area contributed by atoms with Gasteiger partial charge < -0.3 is 4.52 Å². The van der Waals surface area contributed by atoms with E-state index >= 15 is 0 Å². The molecule has 1 saturated carbocycles. The van der Waals surface area contributed by atoms with Gasteiger partial charge >= 0.3 is 0 Å². The first kappa shape index (κ1) is 11.6. The van der Waals surface area contributed by atoms with Crippen LogP contribution in [-0.4, -0.2) is 10.0 Å². The van der Waals surface area contributed by atoms with Crippen LogP contribution in [0.1, 0.15) is 46.8 Å². The van der Waals surface area contributed by atoms with Gasteiger partial charge in [-0.3, -0.25) is 0 Å². The molecule has 0 atom stereocenters. The molecular weight excluding hydrogens is 242 g/mol. The largest absolute Gasteiger partial charge is 0.360 e. The van der Waals surface area contributed by atoms with Crippen LogP contribution in [-0.2, 0) is 0 Å². The van der Waals surface area contributed by atoms with Gasteiger partial charge in [-0.15, -0.1) is 0 Å². The Balaban J connectivity index is 1.98. The molecule has 0 radical (unpaired) electrons. The molecule has 1 heterocycles. The molecule has 2 aromatic rings. The molecule has 0 spiro atoms. The van der Waals surface area contributed by atoms with E-state index in [1.54, 1.807) is 6.20 Å². The summed E-state index contributed by atoms with van der Waals surface area (Å²) in [7, 11) is 0. The summed E-state index contributed by atoms with van der Waals surface area (Å²) in [4.78, 5) is 0.848. The minimum absolute atomic E-state index is 0.534. The van der Waals surface area contributed by atoms with E-state index in [-0.39, 0.29) is 0 Å². The van der Waals surface area contributed by atoms with Crippen LogP contribution in [0.25, 0.3) is 0 Å². The summed E-state index contributed by atoms with van der Waals surface area (Å²) in [5.74, 6) is 1.50. The number of hydrogen-bond donors (Lipinski definition) is 0. The van der Waals surface area contributed by atoms with E-state index < -0.39 is 0 Å². The van der Waals surface area contributed by atoms with Gasteiger partial charge in [0.25, 0.3) is 0 Å². The standard InChI is InChI=1S/C15H15NOS/c1-9-3-4-12(7-10(9)2)15(18)13-8-16-17-14(13)11-5-6-11/h3-4,7-8,11H,5-6H2,1-2H3. The number of aromatic nitrogens is 1. The van der Waals surface area contributed by atoms with E-state index in [0.29, 0.717) is 5.92 Å². The second kappa shape index (κ2) is 4.32. The van der Waals surface area contributed by atoms with Crippen molar-refractivity contribution in [1.82, 2.24) is 5.16 Å². The van der Waals surface area contributed by atoms with Crippen LogP contribution in [0, 0.1) is 13.8 Å². The number of aryl methyl sites for hydroxylation is 2. The highest BCUT2D eigenvalue weighted by Crippen LogP contribution is 2.42. The lowest BCUT2D eigenvalue weighted by molar-refractivity contribution is 0.384. The van der Waals surface area contributed by atoms with Gasteiger partial charge in [-0.05, 0) is 43.4 Å². The van der Waals surface area contributed by atoms with Crippen molar-refractivity contribution in [1.29, 1.82) is 0 Å². The molecule has 1 aromatic carbocycles. The second-order valence-electron chi connectivity index (χ2n) is 5.01. The topological polar surface area (TPSA) is 26.0 Å². The van der Waals surface area contributed by atoms with E-state index in [1.165, 1.54) is 24.0 Å². The zero-order valence-electron chi connectivity index (χ0n) is 10.6. The fourth-order valence-electron chi connectivity index (χ4n) is 2.10. The molecule has 1 fully saturated rings. The zero-order valence-corrected chi connectivity index (χ0v) is 11.4. The Kier molecular flexibility index (Phi) is 2.78. The normalized spacial score (nSPS) is 14.8. The van der Waals surface area contributed by atoms with Gasteiger partial charge in [-0.25, -0.2) is 0 Å². The van der Waals surface area contributed by atoms with E-state index in [2.05, 4.69) is 37.2 Å². The molecular formula is C15H15NOS. The third-order valence-electron chi connectivity index (χ3n) is 3.56. The fourth-order valence-corrected chi connectivity index (χ4v) is 2.38. The van der Waals surface area contributed by atoms with Gasteiger partial charge in [0.1, 0.15) is 5.76 Å². The zero-order chi connectivity index (χ0) is 12.7. The molecule has 1 aliphatic rings. The fraction of sp³-hybridized carbons (Fsp3) is 0.333. The first-order valence-corrected chi connectivity index (χ1v) is 6.64. The van der Waals surface area contributed by atoms with Gasteiger partial charge in [0.15, 0.2) is 0 Å². The van der Waals surface area contributed by atoms with Crippen molar-refractivity contribution in [3.8, 4) is 0 Å². The Morgan fingerprint density at radius 3 is 2.72 bits per heavy atom. The Bertz CT molecular complexity index is 611. The number of thiocarbonyl (C=S) groups is 1. The Morgan fingerprint density at radius 1 is 1.28 bits per heavy atom. The van der Waals surface area contributed by atoms with Crippen molar-refractivity contribution in [3.05, 3.63) is 52.4 Å². The SMILES string of the molecule is Cc1ccc(C(=S)c2cnoc2C2CC2)cc1C. The summed E-state index contributed by atoms with van der Waals surface area (Å²) in [5.41, 5.74) is 4.63. The van der Waals surface area contributed by atoms with Crippen LogP contribution in [0.2, 0.25) is 0 Å². The van der Waals surface area contributed by atoms with E-state index in [0.717, 1.165) is 21.8 Å². The summed E-state index contributed by atoms with van der Waals surface area (Å²) in [5, 5.41) is 3.91. The minimum atomic E-state index is 0.534. The van der Waals surface area contributed by atoms with Crippen molar-refractivity contribution in [2.24, 2.45) is 0 Å². The molecule has 1 aliphatic carbocycles. The van der Waals surface area contributed by atoms with Crippen LogP contribution >= 0.6 is 12.2 Å². The van der Waals surface area contributed by atoms with Crippen LogP contribution in [0.4, 0.5) is 0 Å². The van der Waals surface area contributed by atoms with E-state index in [4.69, 9.17) is 16.7 Å². The molecule has 18 heavy (non-hydrogen) atoms. The van der Waals surface area contributed by atoms with Gasteiger partial charge in [-0.1, -0.05) is 35.6 Å². The third-order valence-corrected chi connectivity index (χ3v) is 4.02. The Morgan fingerprint density at radius 2 is 2.06 bits per heavy atom. The molecule has 0 amide bonds. The van der Waals surface area contributed by atoms with Crippen molar-refractivity contribution < 1.29 is 4.52 Å². The van der Waals surface area contributed by atoms with Crippen molar-refractivity contribution >= 4 is 17.1 Å². The predicted octanol–water partition coefficient (Wildman–Crippen LogP) is 3.94. The maximum absolute atomic E-state index is 5.58. The van der Waals surface area contributed by atoms with Crippen LogP contribution in [0.3, 0.4) is 0 Å². The summed E-state index contributed by atoms with van der Waals surface area (Å²) >= 11 is 5.58. The molecule has 1 aromatic heterocycles. The average molecular weight is 257 g/mol. The molecule has 0 unspecified atom stereocenters. The first-order chi connectivity index (χ1) is 8.66. The monoisotopic (exact) mass is 257 g/mol. The average Bonchev–Trinajstić information content (AvgIpc) is 3.09. The van der Waals surface area contributed by atoms with Crippen LogP contribution in [0.5, 0.6) is 0 Å². The maximum atomic E-state index is 5.58. The molecule has 92 valence electrons. The summed E-state index contributed by atoms with van der Waals surface area (Å²) in [6.45, 7) is 4.22. The summed E-state index contributed by atoms with van der Waals surface area (Å²) in [6, 6.07) is 6.33. The first-order valence-electron chi connectivity index (χ1n) is 6.23. The minimum Gasteiger partial charge on any atom is -0.360 e. The Hall–Kier alpha value is -1.48. The predicted molar refractivity (Wildman–Crippen MR) is 75.2 cm³/mol. The molecule has 3 heteroatoms. The van der Waals surface area contributed by atoms with E-state index in [1.807, 2.05) is 0 Å². The molecule has 0 bridgehead atoms. The van der Waals surface area contributed by atoms with Crippen molar-refractivity contribution in [2.75, 3.05) is 0 Å². The smallest absolute Gasteiger partial charge is 0.148 e.